The van der Waals surface area contributed by atoms with Gasteiger partial charge in [0.05, 0.1) is 17.8 Å². The van der Waals surface area contributed by atoms with Gasteiger partial charge in [-0.1, -0.05) is 56.1 Å². The van der Waals surface area contributed by atoms with E-state index in [-0.39, 0.29) is 23.1 Å². The number of fused-ring (bicyclic) bond motifs is 2. The zero-order valence-corrected chi connectivity index (χ0v) is 25.3. The molecule has 3 aliphatic heterocycles. The van der Waals surface area contributed by atoms with Crippen molar-refractivity contribution in [2.24, 2.45) is 5.41 Å². The first-order valence-electron chi connectivity index (χ1n) is 14.2. The molecule has 0 aliphatic carbocycles. The van der Waals surface area contributed by atoms with Gasteiger partial charge in [0, 0.05) is 61.9 Å². The van der Waals surface area contributed by atoms with Crippen molar-refractivity contribution in [1.29, 1.82) is 0 Å². The van der Waals surface area contributed by atoms with Crippen LogP contribution >= 0.6 is 23.2 Å². The Bertz CT molecular complexity index is 1270. The van der Waals surface area contributed by atoms with Gasteiger partial charge in [-0.2, -0.15) is 0 Å². The summed E-state index contributed by atoms with van der Waals surface area (Å²) in [6.45, 7) is 10.9. The lowest BCUT2D eigenvalue weighted by Gasteiger charge is -2.38. The molecule has 2 saturated heterocycles. The minimum atomic E-state index is -1.22. The average Bonchev–Trinajstić information content (AvgIpc) is 3.38. The normalized spacial score (nSPS) is 27.8. The fourth-order valence-corrected chi connectivity index (χ4v) is 7.25. The third-order valence-electron chi connectivity index (χ3n) is 8.73. The summed E-state index contributed by atoms with van der Waals surface area (Å²) in [5, 5.41) is 31.4. The van der Waals surface area contributed by atoms with Gasteiger partial charge in [0.2, 0.25) is 5.91 Å². The number of hydrogen-bond donors (Lipinski definition) is 5. The molecule has 5 atom stereocenters. The molecule has 2 fully saturated rings. The van der Waals surface area contributed by atoms with Crippen molar-refractivity contribution in [3.8, 4) is 0 Å². The van der Waals surface area contributed by atoms with Crippen LogP contribution in [0.4, 0.5) is 10.1 Å². The summed E-state index contributed by atoms with van der Waals surface area (Å²) in [7, 11) is 0. The molecule has 1 spiro atoms. The van der Waals surface area contributed by atoms with Gasteiger partial charge >= 0.3 is 0 Å². The van der Waals surface area contributed by atoms with Crippen molar-refractivity contribution in [3.63, 3.8) is 0 Å². The van der Waals surface area contributed by atoms with Crippen molar-refractivity contribution in [1.82, 2.24) is 20.4 Å². The van der Waals surface area contributed by atoms with E-state index in [9.17, 15) is 15.0 Å². The highest BCUT2D eigenvalue weighted by Gasteiger charge is 2.65. The fourth-order valence-electron chi connectivity index (χ4n) is 6.88. The molecule has 3 heterocycles. The van der Waals surface area contributed by atoms with Crippen LogP contribution in [-0.2, 0) is 10.2 Å². The van der Waals surface area contributed by atoms with Crippen LogP contribution in [0.2, 0.25) is 10.0 Å². The Hall–Kier alpha value is -1.82. The number of halogens is 3. The number of benzene rings is 2. The molecule has 1 unspecified atom stereocenters. The van der Waals surface area contributed by atoms with Crippen molar-refractivity contribution in [2.75, 3.05) is 51.3 Å². The van der Waals surface area contributed by atoms with Gasteiger partial charge in [-0.15, -0.1) is 0 Å². The smallest absolute Gasteiger partial charge is 0.237 e. The summed E-state index contributed by atoms with van der Waals surface area (Å²) in [5.41, 5.74) is 0.409. The van der Waals surface area contributed by atoms with E-state index in [2.05, 4.69) is 41.6 Å². The molecule has 8 nitrogen and oxygen atoms in total. The summed E-state index contributed by atoms with van der Waals surface area (Å²) in [5.74, 6) is -1.41. The molecule has 0 saturated carbocycles. The number of piperazine rings is 1. The Morgan fingerprint density at radius 3 is 2.51 bits per heavy atom. The molecule has 1 amide bonds. The van der Waals surface area contributed by atoms with E-state index < -0.39 is 35.5 Å². The maximum atomic E-state index is 15.0. The summed E-state index contributed by atoms with van der Waals surface area (Å²) in [4.78, 5) is 18.5. The van der Waals surface area contributed by atoms with Crippen molar-refractivity contribution >= 4 is 34.8 Å². The number of nitrogens with one attached hydrogen (secondary N) is 3. The van der Waals surface area contributed by atoms with Crippen LogP contribution in [0.3, 0.4) is 0 Å². The molecule has 11 heteroatoms. The van der Waals surface area contributed by atoms with Gasteiger partial charge in [0.25, 0.3) is 0 Å². The zero-order valence-electron chi connectivity index (χ0n) is 23.8. The lowest BCUT2D eigenvalue weighted by atomic mass is 9.62. The van der Waals surface area contributed by atoms with Crippen LogP contribution in [-0.4, -0.2) is 90.2 Å². The minimum Gasteiger partial charge on any atom is -0.381 e. The van der Waals surface area contributed by atoms with E-state index >= 15 is 4.39 Å². The molecule has 0 aromatic heterocycles. The van der Waals surface area contributed by atoms with E-state index in [1.807, 2.05) is 23.1 Å². The second kappa shape index (κ2) is 12.1. The van der Waals surface area contributed by atoms with Gasteiger partial charge in [0.1, 0.15) is 17.5 Å². The number of aliphatic hydroxyl groups excluding tert-OH is 2. The number of aliphatic hydroxyl groups is 2. The van der Waals surface area contributed by atoms with Crippen molar-refractivity contribution in [2.45, 2.75) is 56.8 Å². The summed E-state index contributed by atoms with van der Waals surface area (Å²) in [6.07, 6.45) is -0.409. The molecule has 2 aromatic carbocycles. The van der Waals surface area contributed by atoms with E-state index in [4.69, 9.17) is 23.2 Å². The maximum absolute atomic E-state index is 15.0. The van der Waals surface area contributed by atoms with Gasteiger partial charge in [0.15, 0.2) is 0 Å². The van der Waals surface area contributed by atoms with Crippen LogP contribution in [0, 0.1) is 11.2 Å². The SMILES string of the molecule is CC(C)(C)C[C@H]1N[C@@H](C(O)NCCN2CCN(CO)CC2)[C@H](c2cccc(Cl)c2)[C@@]12C(=O)Nc1cc(Cl)c(F)cc12. The first-order valence-corrected chi connectivity index (χ1v) is 15.0. The molecule has 5 N–H and O–H groups in total. The van der Waals surface area contributed by atoms with Crippen LogP contribution in [0.15, 0.2) is 36.4 Å². The fraction of sp³-hybridized carbons (Fsp3) is 0.567. The van der Waals surface area contributed by atoms with Gasteiger partial charge in [-0.3, -0.25) is 19.9 Å². The molecule has 2 aromatic rings. The molecule has 224 valence electrons. The number of nitrogens with zero attached hydrogens (tertiary/aromatic N) is 2. The monoisotopic (exact) mass is 607 g/mol. The van der Waals surface area contributed by atoms with Gasteiger partial charge in [-0.25, -0.2) is 4.39 Å². The molecular formula is C30H40Cl2FN5O3. The number of hydrogen-bond acceptors (Lipinski definition) is 7. The summed E-state index contributed by atoms with van der Waals surface area (Å²) in [6, 6.07) is 9.20. The molecule has 0 radical (unpaired) electrons. The second-order valence-electron chi connectivity index (χ2n) is 12.7. The highest BCUT2D eigenvalue weighted by atomic mass is 35.5. The van der Waals surface area contributed by atoms with Gasteiger partial charge < -0.3 is 20.8 Å². The van der Waals surface area contributed by atoms with Crippen LogP contribution in [0.1, 0.15) is 44.2 Å². The lowest BCUT2D eigenvalue weighted by molar-refractivity contribution is -0.122. The Labute approximate surface area is 251 Å². The standard InChI is InChI=1S/C30H40Cl2FN5O3/c1-29(2,3)16-24-30(20-14-22(33)21(32)15-23(20)35-28(30)41)25(18-5-4-6-19(31)13-18)26(36-24)27(40)34-7-8-37-9-11-38(17-39)12-10-37/h4-6,13-15,24-27,34,36,39-40H,7-12,16-17H2,1-3H3,(H,35,41)/t24-,25+,26-,27?,30+/m1/s1. The number of amides is 1. The zero-order chi connectivity index (χ0) is 29.5. The number of carbonyl (C=O) groups excluding carboxylic acids is 1. The van der Waals surface area contributed by atoms with Crippen LogP contribution in [0.25, 0.3) is 0 Å². The van der Waals surface area contributed by atoms with Crippen molar-refractivity contribution in [3.05, 3.63) is 63.4 Å². The predicted octanol–water partition coefficient (Wildman–Crippen LogP) is 3.36. The first-order chi connectivity index (χ1) is 19.4. The average molecular weight is 609 g/mol. The third kappa shape index (κ3) is 6.01. The molecule has 0 bridgehead atoms. The lowest BCUT2D eigenvalue weighted by Crippen LogP contribution is -2.52. The second-order valence-corrected chi connectivity index (χ2v) is 13.5. The van der Waals surface area contributed by atoms with E-state index in [0.717, 1.165) is 38.3 Å². The molecular weight excluding hydrogens is 568 g/mol. The summed E-state index contributed by atoms with van der Waals surface area (Å²) < 4.78 is 15.0. The first kappa shape index (κ1) is 30.6. The van der Waals surface area contributed by atoms with Crippen molar-refractivity contribution < 1.29 is 19.4 Å². The largest absolute Gasteiger partial charge is 0.381 e. The quantitative estimate of drug-likeness (QED) is 0.293. The Morgan fingerprint density at radius 2 is 1.85 bits per heavy atom. The van der Waals surface area contributed by atoms with Gasteiger partial charge in [-0.05, 0) is 47.2 Å². The third-order valence-corrected chi connectivity index (χ3v) is 9.26. The predicted molar refractivity (Wildman–Crippen MR) is 160 cm³/mol. The van der Waals surface area contributed by atoms with Crippen LogP contribution in [0.5, 0.6) is 0 Å². The number of anilines is 1. The molecule has 5 rings (SSSR count). The van der Waals surface area contributed by atoms with E-state index in [1.165, 1.54) is 12.1 Å². The topological polar surface area (TPSA) is 100 Å². The Morgan fingerprint density at radius 1 is 1.15 bits per heavy atom. The van der Waals surface area contributed by atoms with Crippen LogP contribution < -0.4 is 16.0 Å². The Kier molecular flexibility index (Phi) is 9.00. The Balaban J connectivity index is 1.51. The number of rotatable bonds is 8. The minimum absolute atomic E-state index is 0.0585. The summed E-state index contributed by atoms with van der Waals surface area (Å²) >= 11 is 12.6. The molecule has 3 aliphatic rings. The van der Waals surface area contributed by atoms with E-state index in [1.54, 1.807) is 6.07 Å². The highest BCUT2D eigenvalue weighted by Crippen LogP contribution is 2.57. The highest BCUT2D eigenvalue weighted by molar-refractivity contribution is 6.31. The number of carbonyl (C=O) groups is 1. The van der Waals surface area contributed by atoms with E-state index in [0.29, 0.717) is 29.2 Å². The maximum Gasteiger partial charge on any atom is 0.237 e. The molecule has 41 heavy (non-hydrogen) atoms.